The maximum atomic E-state index is 5.83. The third-order valence-corrected chi connectivity index (χ3v) is 3.97. The van der Waals surface area contributed by atoms with Gasteiger partial charge in [-0.25, -0.2) is 9.97 Å². The second-order valence-corrected chi connectivity index (χ2v) is 6.53. The third kappa shape index (κ3) is 3.52. The first-order chi connectivity index (χ1) is 8.46. The molecule has 1 aromatic heterocycles. The molecule has 0 amide bonds. The van der Waals surface area contributed by atoms with Crippen molar-refractivity contribution in [3.63, 3.8) is 0 Å². The highest BCUT2D eigenvalue weighted by molar-refractivity contribution is 5.08. The van der Waals surface area contributed by atoms with Gasteiger partial charge in [-0.3, -0.25) is 0 Å². The van der Waals surface area contributed by atoms with Gasteiger partial charge in [-0.05, 0) is 44.1 Å². The molecule has 100 valence electrons. The Morgan fingerprint density at radius 3 is 2.67 bits per heavy atom. The van der Waals surface area contributed by atoms with Gasteiger partial charge in [-0.15, -0.1) is 0 Å². The van der Waals surface area contributed by atoms with E-state index in [-0.39, 0.29) is 6.04 Å². The minimum Gasteiger partial charge on any atom is -0.328 e. The molecule has 0 bridgehead atoms. The van der Waals surface area contributed by atoms with Crippen molar-refractivity contribution in [1.29, 1.82) is 0 Å². The molecule has 1 aliphatic rings. The minimum atomic E-state index is 0.165. The monoisotopic (exact) mass is 247 g/mol. The third-order valence-electron chi connectivity index (χ3n) is 3.97. The van der Waals surface area contributed by atoms with Crippen LogP contribution in [-0.2, 0) is 6.42 Å². The first-order valence-electron chi connectivity index (χ1n) is 7.04. The van der Waals surface area contributed by atoms with E-state index in [9.17, 15) is 0 Å². The quantitative estimate of drug-likeness (QED) is 0.893. The zero-order chi connectivity index (χ0) is 13.2. The fourth-order valence-corrected chi connectivity index (χ4v) is 2.71. The van der Waals surface area contributed by atoms with Gasteiger partial charge in [0, 0.05) is 30.3 Å². The van der Waals surface area contributed by atoms with Crippen LogP contribution in [0.5, 0.6) is 0 Å². The van der Waals surface area contributed by atoms with Crippen LogP contribution in [0.25, 0.3) is 0 Å². The summed E-state index contributed by atoms with van der Waals surface area (Å²) in [7, 11) is 0. The van der Waals surface area contributed by atoms with Gasteiger partial charge in [0.2, 0.25) is 0 Å². The number of hydrogen-bond donors (Lipinski definition) is 1. The van der Waals surface area contributed by atoms with Gasteiger partial charge in [0.05, 0.1) is 0 Å². The van der Waals surface area contributed by atoms with Crippen LogP contribution in [0, 0.1) is 5.41 Å². The molecule has 1 aliphatic carbocycles. The van der Waals surface area contributed by atoms with Crippen molar-refractivity contribution in [2.24, 2.45) is 11.1 Å². The zero-order valence-electron chi connectivity index (χ0n) is 11.8. The van der Waals surface area contributed by atoms with Crippen LogP contribution >= 0.6 is 0 Å². The molecule has 1 unspecified atom stereocenters. The number of rotatable bonds is 3. The van der Waals surface area contributed by atoms with Crippen LogP contribution in [0.15, 0.2) is 12.3 Å². The molecule has 1 saturated carbocycles. The van der Waals surface area contributed by atoms with Crippen molar-refractivity contribution in [2.75, 3.05) is 0 Å². The molecule has 3 heteroatoms. The highest BCUT2D eigenvalue weighted by atomic mass is 14.9. The van der Waals surface area contributed by atoms with Crippen LogP contribution in [0.4, 0.5) is 0 Å². The van der Waals surface area contributed by atoms with E-state index in [2.05, 4.69) is 18.8 Å². The summed E-state index contributed by atoms with van der Waals surface area (Å²) in [6.07, 6.45) is 7.72. The van der Waals surface area contributed by atoms with Crippen molar-refractivity contribution in [2.45, 2.75) is 64.8 Å². The van der Waals surface area contributed by atoms with Gasteiger partial charge in [-0.1, -0.05) is 13.8 Å². The molecule has 1 heterocycles. The lowest BCUT2D eigenvalue weighted by molar-refractivity contribution is 0.220. The predicted molar refractivity (Wildman–Crippen MR) is 74.4 cm³/mol. The van der Waals surface area contributed by atoms with E-state index < -0.39 is 0 Å². The molecule has 2 rings (SSSR count). The summed E-state index contributed by atoms with van der Waals surface area (Å²) in [5.74, 6) is 1.58. The predicted octanol–water partition coefficient (Wildman–Crippen LogP) is 3.05. The fraction of sp³-hybridized carbons (Fsp3) is 0.733. The highest BCUT2D eigenvalue weighted by Crippen LogP contribution is 2.41. The first-order valence-corrected chi connectivity index (χ1v) is 7.04. The van der Waals surface area contributed by atoms with E-state index in [0.717, 1.165) is 17.9 Å². The van der Waals surface area contributed by atoms with E-state index in [0.29, 0.717) is 11.3 Å². The molecule has 18 heavy (non-hydrogen) atoms. The van der Waals surface area contributed by atoms with Crippen LogP contribution in [0.3, 0.4) is 0 Å². The standard InChI is InChI=1S/C15H25N3/c1-11(16)10-13-6-9-17-14(18-13)12-4-7-15(2,3)8-5-12/h6,9,11-12H,4-5,7-8,10,16H2,1-3H3. The maximum absolute atomic E-state index is 5.83. The summed E-state index contributed by atoms with van der Waals surface area (Å²) in [4.78, 5) is 9.16. The van der Waals surface area contributed by atoms with E-state index in [4.69, 9.17) is 10.7 Å². The molecule has 0 saturated heterocycles. The van der Waals surface area contributed by atoms with Crippen LogP contribution < -0.4 is 5.73 Å². The Bertz CT molecular complexity index is 388. The second kappa shape index (κ2) is 5.35. The molecule has 0 spiro atoms. The van der Waals surface area contributed by atoms with Gasteiger partial charge in [0.1, 0.15) is 5.82 Å². The number of nitrogens with zero attached hydrogens (tertiary/aromatic N) is 2. The smallest absolute Gasteiger partial charge is 0.131 e. The Kier molecular flexibility index (Phi) is 4.00. The zero-order valence-corrected chi connectivity index (χ0v) is 11.8. The highest BCUT2D eigenvalue weighted by Gasteiger charge is 2.28. The molecule has 0 aliphatic heterocycles. The van der Waals surface area contributed by atoms with E-state index in [1.54, 1.807) is 0 Å². The Morgan fingerprint density at radius 2 is 2.06 bits per heavy atom. The topological polar surface area (TPSA) is 51.8 Å². The van der Waals surface area contributed by atoms with Gasteiger partial charge in [-0.2, -0.15) is 0 Å². The van der Waals surface area contributed by atoms with E-state index >= 15 is 0 Å². The summed E-state index contributed by atoms with van der Waals surface area (Å²) in [6, 6.07) is 2.15. The van der Waals surface area contributed by atoms with Crippen molar-refractivity contribution in [3.8, 4) is 0 Å². The van der Waals surface area contributed by atoms with Crippen LogP contribution in [-0.4, -0.2) is 16.0 Å². The molecule has 1 atom stereocenters. The first kappa shape index (κ1) is 13.5. The Hall–Kier alpha value is -0.960. The lowest BCUT2D eigenvalue weighted by atomic mass is 9.73. The largest absolute Gasteiger partial charge is 0.328 e. The molecule has 3 nitrogen and oxygen atoms in total. The molecule has 1 aromatic rings. The average Bonchev–Trinajstić information content (AvgIpc) is 2.28. The average molecular weight is 247 g/mol. The van der Waals surface area contributed by atoms with Crippen molar-refractivity contribution in [3.05, 3.63) is 23.8 Å². The molecular weight excluding hydrogens is 222 g/mol. The minimum absolute atomic E-state index is 0.165. The number of nitrogens with two attached hydrogens (primary N) is 1. The van der Waals surface area contributed by atoms with Crippen molar-refractivity contribution in [1.82, 2.24) is 9.97 Å². The summed E-state index contributed by atoms with van der Waals surface area (Å²) in [5, 5.41) is 0. The van der Waals surface area contributed by atoms with Gasteiger partial charge >= 0.3 is 0 Å². The number of aromatic nitrogens is 2. The van der Waals surface area contributed by atoms with Crippen LogP contribution in [0.2, 0.25) is 0 Å². The molecule has 0 radical (unpaired) electrons. The van der Waals surface area contributed by atoms with E-state index in [1.165, 1.54) is 25.7 Å². The summed E-state index contributed by atoms with van der Waals surface area (Å²) < 4.78 is 0. The molecule has 2 N–H and O–H groups in total. The Labute approximate surface area is 110 Å². The molecular formula is C15H25N3. The Balaban J connectivity index is 2.05. The van der Waals surface area contributed by atoms with Crippen LogP contribution in [0.1, 0.15) is 63.9 Å². The number of hydrogen-bond acceptors (Lipinski definition) is 3. The summed E-state index contributed by atoms with van der Waals surface area (Å²) in [5.41, 5.74) is 7.41. The summed E-state index contributed by atoms with van der Waals surface area (Å²) >= 11 is 0. The molecule has 0 aromatic carbocycles. The lowest BCUT2D eigenvalue weighted by Gasteiger charge is -2.33. The second-order valence-electron chi connectivity index (χ2n) is 6.53. The van der Waals surface area contributed by atoms with Gasteiger partial charge in [0.25, 0.3) is 0 Å². The Morgan fingerprint density at radius 1 is 1.39 bits per heavy atom. The molecule has 1 fully saturated rings. The van der Waals surface area contributed by atoms with E-state index in [1.807, 2.05) is 19.2 Å². The van der Waals surface area contributed by atoms with Gasteiger partial charge < -0.3 is 5.73 Å². The van der Waals surface area contributed by atoms with Crippen molar-refractivity contribution < 1.29 is 0 Å². The fourth-order valence-electron chi connectivity index (χ4n) is 2.71. The van der Waals surface area contributed by atoms with Gasteiger partial charge in [0.15, 0.2) is 0 Å². The SMILES string of the molecule is CC(N)Cc1ccnc(C2CCC(C)(C)CC2)n1. The maximum Gasteiger partial charge on any atom is 0.131 e. The lowest BCUT2D eigenvalue weighted by Crippen LogP contribution is -2.22. The van der Waals surface area contributed by atoms with Crippen molar-refractivity contribution >= 4 is 0 Å². The normalized spacial score (nSPS) is 21.8. The summed E-state index contributed by atoms with van der Waals surface area (Å²) in [6.45, 7) is 6.73.